The van der Waals surface area contributed by atoms with E-state index in [1.807, 2.05) is 13.8 Å². The maximum atomic E-state index is 10.9. The Morgan fingerprint density at radius 1 is 1.50 bits per heavy atom. The van der Waals surface area contributed by atoms with Gasteiger partial charge in [-0.25, -0.2) is 0 Å². The fourth-order valence-electron chi connectivity index (χ4n) is 1.66. The molecule has 0 saturated carbocycles. The Kier molecular flexibility index (Phi) is 2.97. The lowest BCUT2D eigenvalue weighted by molar-refractivity contribution is -0.401. The number of carbonyl (C=O) groups excluding carboxylic acids is 1. The number of carbonyl (C=O) groups is 1. The largest absolute Gasteiger partial charge is 0.433 e. The number of aldehydes is 1. The first-order valence-corrected chi connectivity index (χ1v) is 5.32. The quantitative estimate of drug-likeness (QED) is 0.471. The SMILES string of the molecule is CC(C)n1ncc(C=O)c1-c1ccc([N+](=O)[O-])o1. The summed E-state index contributed by atoms with van der Waals surface area (Å²) in [4.78, 5) is 20.9. The van der Waals surface area contributed by atoms with Crippen LogP contribution in [0.5, 0.6) is 0 Å². The molecular weight excluding hydrogens is 238 g/mol. The van der Waals surface area contributed by atoms with Crippen LogP contribution in [0.4, 0.5) is 5.88 Å². The van der Waals surface area contributed by atoms with Crippen LogP contribution in [-0.4, -0.2) is 21.0 Å². The summed E-state index contributed by atoms with van der Waals surface area (Å²) in [5, 5.41) is 14.6. The highest BCUT2D eigenvalue weighted by Crippen LogP contribution is 2.29. The molecule has 0 atom stereocenters. The second kappa shape index (κ2) is 4.44. The van der Waals surface area contributed by atoms with Gasteiger partial charge < -0.3 is 4.42 Å². The summed E-state index contributed by atoms with van der Waals surface area (Å²) >= 11 is 0. The molecule has 18 heavy (non-hydrogen) atoms. The van der Waals surface area contributed by atoms with Crippen molar-refractivity contribution in [1.82, 2.24) is 9.78 Å². The Labute approximate surface area is 102 Å². The van der Waals surface area contributed by atoms with Gasteiger partial charge in [-0.1, -0.05) is 0 Å². The lowest BCUT2D eigenvalue weighted by Crippen LogP contribution is -2.04. The molecule has 0 saturated heterocycles. The predicted molar refractivity (Wildman–Crippen MR) is 62.4 cm³/mol. The maximum absolute atomic E-state index is 10.9. The highest BCUT2D eigenvalue weighted by Gasteiger charge is 2.20. The molecule has 0 aliphatic rings. The zero-order chi connectivity index (χ0) is 13.3. The van der Waals surface area contributed by atoms with Gasteiger partial charge >= 0.3 is 5.88 Å². The molecule has 2 heterocycles. The molecule has 0 radical (unpaired) electrons. The van der Waals surface area contributed by atoms with Crippen LogP contribution in [0.1, 0.15) is 30.2 Å². The molecule has 0 bridgehead atoms. The van der Waals surface area contributed by atoms with E-state index in [4.69, 9.17) is 4.42 Å². The van der Waals surface area contributed by atoms with Crippen molar-refractivity contribution in [2.75, 3.05) is 0 Å². The van der Waals surface area contributed by atoms with E-state index in [0.717, 1.165) is 0 Å². The first-order valence-electron chi connectivity index (χ1n) is 5.32. The summed E-state index contributed by atoms with van der Waals surface area (Å²) in [5.74, 6) is -0.103. The first kappa shape index (κ1) is 12.0. The van der Waals surface area contributed by atoms with Crippen LogP contribution in [0.15, 0.2) is 22.7 Å². The van der Waals surface area contributed by atoms with Crippen molar-refractivity contribution >= 4 is 12.2 Å². The highest BCUT2D eigenvalue weighted by atomic mass is 16.6. The third kappa shape index (κ3) is 1.90. The predicted octanol–water partition coefficient (Wildman–Crippen LogP) is 2.44. The zero-order valence-electron chi connectivity index (χ0n) is 9.86. The van der Waals surface area contributed by atoms with Gasteiger partial charge in [-0.05, 0) is 19.9 Å². The van der Waals surface area contributed by atoms with Gasteiger partial charge in [0.05, 0.1) is 17.8 Å². The molecule has 0 aromatic carbocycles. The van der Waals surface area contributed by atoms with E-state index in [1.165, 1.54) is 18.3 Å². The summed E-state index contributed by atoms with van der Waals surface area (Å²) in [6.45, 7) is 3.78. The van der Waals surface area contributed by atoms with Crippen LogP contribution in [0.3, 0.4) is 0 Å². The van der Waals surface area contributed by atoms with E-state index in [2.05, 4.69) is 5.10 Å². The van der Waals surface area contributed by atoms with E-state index in [9.17, 15) is 14.9 Å². The van der Waals surface area contributed by atoms with Crippen LogP contribution in [0.25, 0.3) is 11.5 Å². The summed E-state index contributed by atoms with van der Waals surface area (Å²) in [7, 11) is 0. The van der Waals surface area contributed by atoms with Crippen molar-refractivity contribution in [3.63, 3.8) is 0 Å². The fraction of sp³-hybridized carbons (Fsp3) is 0.273. The number of hydrogen-bond donors (Lipinski definition) is 0. The van der Waals surface area contributed by atoms with Gasteiger partial charge in [0, 0.05) is 6.04 Å². The molecule has 2 aromatic heterocycles. The smallest absolute Gasteiger partial charge is 0.399 e. The number of rotatable bonds is 4. The number of aromatic nitrogens is 2. The van der Waals surface area contributed by atoms with E-state index < -0.39 is 4.92 Å². The minimum absolute atomic E-state index is 0.0119. The summed E-state index contributed by atoms with van der Waals surface area (Å²) in [6.07, 6.45) is 2.06. The van der Waals surface area contributed by atoms with Gasteiger partial charge in [-0.3, -0.25) is 19.6 Å². The molecule has 7 nitrogen and oxygen atoms in total. The van der Waals surface area contributed by atoms with Gasteiger partial charge in [-0.15, -0.1) is 0 Å². The molecule has 0 aliphatic carbocycles. The molecule has 94 valence electrons. The van der Waals surface area contributed by atoms with Crippen LogP contribution in [0, 0.1) is 10.1 Å². The molecule has 0 amide bonds. The minimum atomic E-state index is -0.625. The lowest BCUT2D eigenvalue weighted by Gasteiger charge is -2.09. The number of furan rings is 1. The van der Waals surface area contributed by atoms with Gasteiger partial charge in [0.25, 0.3) is 0 Å². The Balaban J connectivity index is 2.57. The molecular formula is C11H11N3O4. The average Bonchev–Trinajstić information content (AvgIpc) is 2.94. The molecule has 0 spiro atoms. The van der Waals surface area contributed by atoms with Crippen molar-refractivity contribution < 1.29 is 14.1 Å². The third-order valence-corrected chi connectivity index (χ3v) is 2.45. The van der Waals surface area contributed by atoms with Crippen LogP contribution >= 0.6 is 0 Å². The molecule has 0 unspecified atom stereocenters. The molecule has 0 N–H and O–H groups in total. The molecule has 0 fully saturated rings. The van der Waals surface area contributed by atoms with E-state index in [1.54, 1.807) is 4.68 Å². The maximum Gasteiger partial charge on any atom is 0.433 e. The third-order valence-electron chi connectivity index (χ3n) is 2.45. The van der Waals surface area contributed by atoms with Crippen molar-refractivity contribution in [3.8, 4) is 11.5 Å². The Morgan fingerprint density at radius 3 is 2.72 bits per heavy atom. The Hall–Kier alpha value is -2.44. The monoisotopic (exact) mass is 249 g/mol. The average molecular weight is 249 g/mol. The first-order chi connectivity index (χ1) is 8.54. The van der Waals surface area contributed by atoms with E-state index >= 15 is 0 Å². The van der Waals surface area contributed by atoms with Crippen molar-refractivity contribution in [3.05, 3.63) is 34.0 Å². The lowest BCUT2D eigenvalue weighted by atomic mass is 10.2. The zero-order valence-corrected chi connectivity index (χ0v) is 9.86. The van der Waals surface area contributed by atoms with E-state index in [-0.39, 0.29) is 17.7 Å². The highest BCUT2D eigenvalue weighted by molar-refractivity contribution is 5.84. The minimum Gasteiger partial charge on any atom is -0.399 e. The molecule has 2 rings (SSSR count). The second-order valence-corrected chi connectivity index (χ2v) is 4.00. The Morgan fingerprint density at radius 2 is 2.22 bits per heavy atom. The van der Waals surface area contributed by atoms with Crippen molar-refractivity contribution in [1.29, 1.82) is 0 Å². The Bertz CT molecular complexity index is 597. The van der Waals surface area contributed by atoms with Gasteiger partial charge in [0.1, 0.15) is 10.6 Å². The van der Waals surface area contributed by atoms with E-state index in [0.29, 0.717) is 17.5 Å². The summed E-state index contributed by atoms with van der Waals surface area (Å²) in [6, 6.07) is 2.72. The molecule has 7 heteroatoms. The normalized spacial score (nSPS) is 10.8. The summed E-state index contributed by atoms with van der Waals surface area (Å²) < 4.78 is 6.69. The van der Waals surface area contributed by atoms with Crippen LogP contribution in [0.2, 0.25) is 0 Å². The fourth-order valence-corrected chi connectivity index (χ4v) is 1.66. The van der Waals surface area contributed by atoms with Gasteiger partial charge in [0.2, 0.25) is 0 Å². The molecule has 0 aliphatic heterocycles. The number of hydrogen-bond acceptors (Lipinski definition) is 5. The van der Waals surface area contributed by atoms with Crippen LogP contribution in [-0.2, 0) is 0 Å². The molecule has 2 aromatic rings. The van der Waals surface area contributed by atoms with Crippen LogP contribution < -0.4 is 0 Å². The standard InChI is InChI=1S/C11H11N3O4/c1-7(2)13-11(8(6-15)5-12-13)9-3-4-10(18-9)14(16)17/h3-7H,1-2H3. The van der Waals surface area contributed by atoms with Crippen molar-refractivity contribution in [2.24, 2.45) is 0 Å². The topological polar surface area (TPSA) is 91.2 Å². The van der Waals surface area contributed by atoms with Gasteiger partial charge in [-0.2, -0.15) is 5.10 Å². The second-order valence-electron chi connectivity index (χ2n) is 4.00. The van der Waals surface area contributed by atoms with Gasteiger partial charge in [0.15, 0.2) is 12.0 Å². The summed E-state index contributed by atoms with van der Waals surface area (Å²) in [5.41, 5.74) is 0.793. The number of nitro groups is 1. The van der Waals surface area contributed by atoms with Crippen molar-refractivity contribution in [2.45, 2.75) is 19.9 Å². The number of nitrogens with zero attached hydrogens (tertiary/aromatic N) is 3.